The van der Waals surface area contributed by atoms with Gasteiger partial charge in [0.1, 0.15) is 17.4 Å². The van der Waals surface area contributed by atoms with Crippen LogP contribution in [-0.4, -0.2) is 47.0 Å². The van der Waals surface area contributed by atoms with Crippen LogP contribution >= 0.6 is 0 Å². The first-order valence-corrected chi connectivity index (χ1v) is 9.78. The Labute approximate surface area is 170 Å². The van der Waals surface area contributed by atoms with Crippen LogP contribution in [0.3, 0.4) is 0 Å². The molecule has 0 spiro atoms. The summed E-state index contributed by atoms with van der Waals surface area (Å²) in [5.41, 5.74) is 1.84. The van der Waals surface area contributed by atoms with Crippen molar-refractivity contribution < 1.29 is 9.53 Å². The molecule has 1 amide bonds. The van der Waals surface area contributed by atoms with Gasteiger partial charge in [-0.2, -0.15) is 4.98 Å². The number of ether oxygens (including phenoxy) is 1. The zero-order chi connectivity index (χ0) is 20.2. The van der Waals surface area contributed by atoms with E-state index in [1.165, 1.54) is 0 Å². The molecule has 2 heterocycles. The third kappa shape index (κ3) is 4.54. The first-order valence-electron chi connectivity index (χ1n) is 9.78. The smallest absolute Gasteiger partial charge is 0.253 e. The molecular formula is C23H24N4O2. The standard InChI is InChI=1S/C23H24N4O2/c1-17-7-6-8-19(15-17)23(28)27-13-11-26(12-14-27)21-16-22(25-18(2)24-21)29-20-9-4-3-5-10-20/h3-10,15-16H,11-14H2,1-2H3. The fraction of sp³-hybridized carbons (Fsp3) is 0.261. The summed E-state index contributed by atoms with van der Waals surface area (Å²) in [6, 6.07) is 19.2. The number of para-hydroxylation sites is 1. The van der Waals surface area contributed by atoms with Gasteiger partial charge in [-0.05, 0) is 38.1 Å². The molecule has 6 nitrogen and oxygen atoms in total. The SMILES string of the molecule is Cc1cccc(C(=O)N2CCN(c3cc(Oc4ccccc4)nc(C)n3)CC2)c1. The van der Waals surface area contributed by atoms with Gasteiger partial charge >= 0.3 is 0 Å². The third-order valence-electron chi connectivity index (χ3n) is 4.92. The molecule has 1 fully saturated rings. The van der Waals surface area contributed by atoms with Crippen LogP contribution in [0.4, 0.5) is 5.82 Å². The number of amides is 1. The van der Waals surface area contributed by atoms with Gasteiger partial charge in [-0.3, -0.25) is 4.79 Å². The Morgan fingerprint density at radius 3 is 2.38 bits per heavy atom. The zero-order valence-electron chi connectivity index (χ0n) is 16.7. The summed E-state index contributed by atoms with van der Waals surface area (Å²) in [5.74, 6) is 2.83. The zero-order valence-corrected chi connectivity index (χ0v) is 16.7. The van der Waals surface area contributed by atoms with Gasteiger partial charge in [0, 0.05) is 37.8 Å². The second kappa shape index (κ2) is 8.31. The summed E-state index contributed by atoms with van der Waals surface area (Å²) in [6.45, 7) is 6.62. The number of hydrogen-bond donors (Lipinski definition) is 0. The summed E-state index contributed by atoms with van der Waals surface area (Å²) < 4.78 is 5.88. The number of carbonyl (C=O) groups excluding carboxylic acids is 1. The van der Waals surface area contributed by atoms with Crippen LogP contribution in [0.5, 0.6) is 11.6 Å². The largest absolute Gasteiger partial charge is 0.439 e. The molecule has 3 aromatic rings. The maximum atomic E-state index is 12.8. The van der Waals surface area contributed by atoms with Crippen molar-refractivity contribution in [2.45, 2.75) is 13.8 Å². The minimum atomic E-state index is 0.0836. The molecule has 1 aliphatic heterocycles. The highest BCUT2D eigenvalue weighted by molar-refractivity contribution is 5.94. The summed E-state index contributed by atoms with van der Waals surface area (Å²) in [6.07, 6.45) is 0. The van der Waals surface area contributed by atoms with Crippen molar-refractivity contribution in [2.24, 2.45) is 0 Å². The highest BCUT2D eigenvalue weighted by Crippen LogP contribution is 2.24. The molecule has 0 N–H and O–H groups in total. The predicted molar refractivity (Wildman–Crippen MR) is 113 cm³/mol. The van der Waals surface area contributed by atoms with Crippen molar-refractivity contribution in [2.75, 3.05) is 31.1 Å². The molecule has 1 saturated heterocycles. The lowest BCUT2D eigenvalue weighted by Crippen LogP contribution is -2.49. The number of piperazine rings is 1. The summed E-state index contributed by atoms with van der Waals surface area (Å²) in [7, 11) is 0. The first kappa shape index (κ1) is 18.9. The summed E-state index contributed by atoms with van der Waals surface area (Å²) in [5, 5.41) is 0. The lowest BCUT2D eigenvalue weighted by molar-refractivity contribution is 0.0746. The second-order valence-electron chi connectivity index (χ2n) is 7.18. The van der Waals surface area contributed by atoms with Crippen LogP contribution in [0, 0.1) is 13.8 Å². The minimum absolute atomic E-state index is 0.0836. The fourth-order valence-corrected chi connectivity index (χ4v) is 3.45. The van der Waals surface area contributed by atoms with Gasteiger partial charge < -0.3 is 14.5 Å². The number of hydrogen-bond acceptors (Lipinski definition) is 5. The van der Waals surface area contributed by atoms with Crippen molar-refractivity contribution in [1.82, 2.24) is 14.9 Å². The van der Waals surface area contributed by atoms with Gasteiger partial charge in [0.05, 0.1) is 0 Å². The maximum absolute atomic E-state index is 12.8. The number of carbonyl (C=O) groups is 1. The van der Waals surface area contributed by atoms with Crippen molar-refractivity contribution >= 4 is 11.7 Å². The van der Waals surface area contributed by atoms with Gasteiger partial charge in [0.25, 0.3) is 5.91 Å². The third-order valence-corrected chi connectivity index (χ3v) is 4.92. The summed E-state index contributed by atoms with van der Waals surface area (Å²) >= 11 is 0. The van der Waals surface area contributed by atoms with Crippen molar-refractivity contribution in [3.05, 3.63) is 77.6 Å². The van der Waals surface area contributed by atoms with Crippen LogP contribution in [0.1, 0.15) is 21.7 Å². The number of nitrogens with zero attached hydrogens (tertiary/aromatic N) is 4. The van der Waals surface area contributed by atoms with E-state index in [4.69, 9.17) is 4.74 Å². The van der Waals surface area contributed by atoms with E-state index in [9.17, 15) is 4.79 Å². The van der Waals surface area contributed by atoms with E-state index in [0.29, 0.717) is 24.8 Å². The van der Waals surface area contributed by atoms with E-state index in [1.807, 2.05) is 79.4 Å². The molecule has 148 valence electrons. The van der Waals surface area contributed by atoms with Crippen molar-refractivity contribution in [1.29, 1.82) is 0 Å². The molecule has 29 heavy (non-hydrogen) atoms. The lowest BCUT2D eigenvalue weighted by Gasteiger charge is -2.35. The van der Waals surface area contributed by atoms with E-state index < -0.39 is 0 Å². The van der Waals surface area contributed by atoms with Gasteiger partial charge in [0.2, 0.25) is 5.88 Å². The van der Waals surface area contributed by atoms with Gasteiger partial charge in [-0.15, -0.1) is 0 Å². The van der Waals surface area contributed by atoms with Gasteiger partial charge in [-0.25, -0.2) is 4.98 Å². The number of benzene rings is 2. The Morgan fingerprint density at radius 2 is 1.66 bits per heavy atom. The first-order chi connectivity index (χ1) is 14.1. The van der Waals surface area contributed by atoms with Crippen LogP contribution in [0.15, 0.2) is 60.7 Å². The van der Waals surface area contributed by atoms with Crippen molar-refractivity contribution in [3.8, 4) is 11.6 Å². The number of anilines is 1. The molecular weight excluding hydrogens is 364 g/mol. The van der Waals surface area contributed by atoms with E-state index in [1.54, 1.807) is 0 Å². The van der Waals surface area contributed by atoms with Crippen molar-refractivity contribution in [3.63, 3.8) is 0 Å². The number of rotatable bonds is 4. The Bertz CT molecular complexity index is 999. The summed E-state index contributed by atoms with van der Waals surface area (Å²) in [4.78, 5) is 25.8. The predicted octanol–water partition coefficient (Wildman–Crippen LogP) is 3.85. The van der Waals surface area contributed by atoms with Crippen LogP contribution in [-0.2, 0) is 0 Å². The van der Waals surface area contributed by atoms with E-state index in [2.05, 4.69) is 14.9 Å². The molecule has 0 radical (unpaired) electrons. The average Bonchev–Trinajstić information content (AvgIpc) is 2.74. The molecule has 4 rings (SSSR count). The maximum Gasteiger partial charge on any atom is 0.253 e. The molecule has 0 saturated carbocycles. The van der Waals surface area contributed by atoms with E-state index >= 15 is 0 Å². The highest BCUT2D eigenvalue weighted by atomic mass is 16.5. The highest BCUT2D eigenvalue weighted by Gasteiger charge is 2.23. The number of aromatic nitrogens is 2. The average molecular weight is 388 g/mol. The monoisotopic (exact) mass is 388 g/mol. The Hall–Kier alpha value is -3.41. The molecule has 1 aromatic heterocycles. The van der Waals surface area contributed by atoms with Crippen LogP contribution < -0.4 is 9.64 Å². The molecule has 0 aliphatic carbocycles. The number of aryl methyl sites for hydroxylation is 2. The van der Waals surface area contributed by atoms with Crippen LogP contribution in [0.25, 0.3) is 0 Å². The van der Waals surface area contributed by atoms with Gasteiger partial charge in [0.15, 0.2) is 0 Å². The molecule has 1 aliphatic rings. The molecule has 0 atom stereocenters. The molecule has 2 aromatic carbocycles. The quantitative estimate of drug-likeness (QED) is 0.679. The fourth-order valence-electron chi connectivity index (χ4n) is 3.45. The Balaban J connectivity index is 1.43. The van der Waals surface area contributed by atoms with E-state index in [0.717, 1.165) is 35.8 Å². The molecule has 0 bridgehead atoms. The molecule has 6 heteroatoms. The Morgan fingerprint density at radius 1 is 0.897 bits per heavy atom. The minimum Gasteiger partial charge on any atom is -0.439 e. The molecule has 0 unspecified atom stereocenters. The lowest BCUT2D eigenvalue weighted by atomic mass is 10.1. The second-order valence-corrected chi connectivity index (χ2v) is 7.18. The van der Waals surface area contributed by atoms with Crippen LogP contribution in [0.2, 0.25) is 0 Å². The normalized spacial score (nSPS) is 14.0. The van der Waals surface area contributed by atoms with E-state index in [-0.39, 0.29) is 5.91 Å². The van der Waals surface area contributed by atoms with Gasteiger partial charge in [-0.1, -0.05) is 35.9 Å². The Kier molecular flexibility index (Phi) is 5.42. The topological polar surface area (TPSA) is 58.6 Å².